The smallest absolute Gasteiger partial charge is 0.283 e. The van der Waals surface area contributed by atoms with Gasteiger partial charge in [0, 0.05) is 31.2 Å². The summed E-state index contributed by atoms with van der Waals surface area (Å²) in [4.78, 5) is 30.2. The second-order valence-corrected chi connectivity index (χ2v) is 8.49. The van der Waals surface area contributed by atoms with E-state index < -0.39 is 21.3 Å². The molecule has 0 saturated heterocycles. The Hall–Kier alpha value is -3.44. The van der Waals surface area contributed by atoms with Crippen molar-refractivity contribution in [2.45, 2.75) is 25.3 Å². The third kappa shape index (κ3) is 2.90. The lowest BCUT2D eigenvalue weighted by atomic mass is 10.3. The molecule has 3 heterocycles. The number of benzene rings is 1. The Balaban J connectivity index is 2.03. The van der Waals surface area contributed by atoms with Gasteiger partial charge in [0.1, 0.15) is 0 Å². The molecule has 0 amide bonds. The van der Waals surface area contributed by atoms with Crippen LogP contribution in [-0.4, -0.2) is 31.5 Å². The highest BCUT2D eigenvalue weighted by molar-refractivity contribution is 7.89. The average Bonchev–Trinajstić information content (AvgIpc) is 3.20. The highest BCUT2D eigenvalue weighted by atomic mass is 32.2. The topological polar surface area (TPSA) is 126 Å². The maximum absolute atomic E-state index is 13.1. The lowest BCUT2D eigenvalue weighted by molar-refractivity contribution is 0.598. The number of primary sulfonamides is 1. The third-order valence-corrected chi connectivity index (χ3v) is 5.90. The summed E-state index contributed by atoms with van der Waals surface area (Å²) in [5, 5.41) is 5.17. The summed E-state index contributed by atoms with van der Waals surface area (Å²) in [7, 11) is -2.24. The first kappa shape index (κ1) is 19.9. The fourth-order valence-electron chi connectivity index (χ4n) is 3.49. The normalized spacial score (nSPS) is 12.5. The summed E-state index contributed by atoms with van der Waals surface area (Å²) in [6, 6.07) is 6.02. The van der Waals surface area contributed by atoms with Gasteiger partial charge in [-0.1, -0.05) is 12.2 Å². The van der Waals surface area contributed by atoms with E-state index in [1.807, 2.05) is 13.8 Å². The van der Waals surface area contributed by atoms with Gasteiger partial charge >= 0.3 is 5.69 Å². The highest BCUT2D eigenvalue weighted by Gasteiger charge is 2.20. The summed E-state index contributed by atoms with van der Waals surface area (Å²) in [6.07, 6.45) is 5.26. The van der Waals surface area contributed by atoms with Crippen LogP contribution in [0.4, 0.5) is 0 Å². The highest BCUT2D eigenvalue weighted by Crippen LogP contribution is 2.22. The Bertz CT molecular complexity index is 1550. The number of nitrogens with zero attached hydrogens (tertiary/aromatic N) is 5. The molecule has 0 aliphatic rings. The maximum Gasteiger partial charge on any atom is 0.332 e. The summed E-state index contributed by atoms with van der Waals surface area (Å²) < 4.78 is 29.0. The molecule has 0 radical (unpaired) electrons. The van der Waals surface area contributed by atoms with Crippen molar-refractivity contribution in [3.05, 3.63) is 69.1 Å². The lowest BCUT2D eigenvalue weighted by Gasteiger charge is -2.07. The number of rotatable bonds is 4. The van der Waals surface area contributed by atoms with E-state index >= 15 is 0 Å². The fourth-order valence-corrected chi connectivity index (χ4v) is 4.00. The molecule has 0 fully saturated rings. The molecule has 0 aliphatic carbocycles. The predicted molar refractivity (Wildman–Crippen MR) is 112 cm³/mol. The number of nitrogens with two attached hydrogens (primary N) is 1. The minimum absolute atomic E-state index is 0.00477. The van der Waals surface area contributed by atoms with E-state index in [9.17, 15) is 18.0 Å². The van der Waals surface area contributed by atoms with Crippen LogP contribution in [0.15, 0.2) is 57.1 Å². The van der Waals surface area contributed by atoms with E-state index in [2.05, 4.69) is 4.98 Å². The Labute approximate surface area is 171 Å². The number of aromatic nitrogens is 5. The first-order valence-corrected chi connectivity index (χ1v) is 10.6. The molecule has 30 heavy (non-hydrogen) atoms. The Morgan fingerprint density at radius 2 is 1.83 bits per heavy atom. The quantitative estimate of drug-likeness (QED) is 0.478. The molecule has 2 N–H and O–H groups in total. The molecule has 0 spiro atoms. The molecule has 3 aromatic heterocycles. The number of hydrogen-bond donors (Lipinski definition) is 1. The summed E-state index contributed by atoms with van der Waals surface area (Å²) in [6.45, 7) is 3.82. The molecule has 0 atom stereocenters. The molecule has 4 rings (SSSR count). The van der Waals surface area contributed by atoms with Crippen molar-refractivity contribution in [2.75, 3.05) is 0 Å². The number of sulfonamides is 1. The van der Waals surface area contributed by atoms with Crippen LogP contribution in [0.2, 0.25) is 0 Å². The summed E-state index contributed by atoms with van der Waals surface area (Å²) >= 11 is 0. The van der Waals surface area contributed by atoms with Crippen LogP contribution in [0.25, 0.3) is 22.6 Å². The molecule has 1 aromatic carbocycles. The van der Waals surface area contributed by atoms with Gasteiger partial charge in [-0.3, -0.25) is 22.9 Å². The van der Waals surface area contributed by atoms with Gasteiger partial charge in [-0.2, -0.15) is 4.98 Å². The van der Waals surface area contributed by atoms with Crippen LogP contribution in [0.5, 0.6) is 0 Å². The molecule has 0 unspecified atom stereocenters. The second kappa shape index (κ2) is 6.82. The maximum atomic E-state index is 13.1. The average molecular weight is 428 g/mol. The Morgan fingerprint density at radius 1 is 1.17 bits per heavy atom. The van der Waals surface area contributed by atoms with E-state index in [-0.39, 0.29) is 17.1 Å². The minimum atomic E-state index is -3.81. The van der Waals surface area contributed by atoms with Crippen molar-refractivity contribution in [2.24, 2.45) is 12.2 Å². The largest absolute Gasteiger partial charge is 0.332 e. The monoisotopic (exact) mass is 428 g/mol. The Morgan fingerprint density at radius 3 is 2.43 bits per heavy atom. The van der Waals surface area contributed by atoms with E-state index in [1.54, 1.807) is 46.5 Å². The number of allylic oxidation sites excluding steroid dienone is 2. The van der Waals surface area contributed by atoms with Crippen LogP contribution in [-0.2, 0) is 23.6 Å². The summed E-state index contributed by atoms with van der Waals surface area (Å²) in [5.41, 5.74) is 1.10. The van der Waals surface area contributed by atoms with Gasteiger partial charge in [0.2, 0.25) is 15.8 Å². The first-order valence-electron chi connectivity index (χ1n) is 9.09. The molecule has 156 valence electrons. The van der Waals surface area contributed by atoms with E-state index in [4.69, 9.17) is 5.14 Å². The number of fused-ring (bicyclic) bond motifs is 3. The number of aryl methyl sites for hydroxylation is 2. The Kier molecular flexibility index (Phi) is 4.51. The molecule has 0 bridgehead atoms. The lowest BCUT2D eigenvalue weighted by Crippen LogP contribution is -2.39. The molecule has 0 aliphatic heterocycles. The second-order valence-electron chi connectivity index (χ2n) is 6.93. The van der Waals surface area contributed by atoms with Gasteiger partial charge in [0.05, 0.1) is 4.90 Å². The number of hydrogen-bond acceptors (Lipinski definition) is 5. The zero-order valence-electron chi connectivity index (χ0n) is 16.6. The van der Waals surface area contributed by atoms with Crippen LogP contribution >= 0.6 is 0 Å². The van der Waals surface area contributed by atoms with Gasteiger partial charge in [-0.15, -0.1) is 0 Å². The van der Waals surface area contributed by atoms with Crippen LogP contribution in [0.1, 0.15) is 12.6 Å². The minimum Gasteiger partial charge on any atom is -0.283 e. The van der Waals surface area contributed by atoms with Gasteiger partial charge in [0.15, 0.2) is 11.2 Å². The molecule has 4 aromatic rings. The van der Waals surface area contributed by atoms with Gasteiger partial charge < -0.3 is 0 Å². The van der Waals surface area contributed by atoms with Gasteiger partial charge in [-0.05, 0) is 38.1 Å². The molecule has 11 heteroatoms. The van der Waals surface area contributed by atoms with Crippen molar-refractivity contribution in [3.8, 4) is 5.69 Å². The molecule has 10 nitrogen and oxygen atoms in total. The van der Waals surface area contributed by atoms with E-state index in [0.29, 0.717) is 17.0 Å². The number of imidazole rings is 2. The zero-order valence-corrected chi connectivity index (χ0v) is 17.4. The third-order valence-electron chi connectivity index (χ3n) is 4.97. The van der Waals surface area contributed by atoms with Crippen LogP contribution in [0, 0.1) is 6.92 Å². The van der Waals surface area contributed by atoms with Crippen LogP contribution in [0.3, 0.4) is 0 Å². The zero-order chi connectivity index (χ0) is 21.8. The molecular weight excluding hydrogens is 408 g/mol. The summed E-state index contributed by atoms with van der Waals surface area (Å²) in [5.74, 6) is 0.432. The molecular formula is C19H20N6O4S. The van der Waals surface area contributed by atoms with E-state index in [0.717, 1.165) is 10.3 Å². The van der Waals surface area contributed by atoms with Crippen LogP contribution < -0.4 is 16.4 Å². The predicted octanol–water partition coefficient (Wildman–Crippen LogP) is 0.671. The molecule has 0 saturated carbocycles. The van der Waals surface area contributed by atoms with E-state index in [1.165, 1.54) is 16.7 Å². The fraction of sp³-hybridized carbons (Fsp3) is 0.211. The SMILES string of the molecule is CC=CCn1c(=O)c2c(nc3n(-c4ccc(S(N)(=O)=O)cc4)c(C)cn23)n(C)c1=O. The first-order chi connectivity index (χ1) is 14.1. The standard InChI is InChI=1S/C19H20N6O4S/c1-4-5-10-23-17(26)15-16(22(3)19(23)27)21-18-24(15)11-12(2)25(18)13-6-8-14(9-7-13)30(20,28)29/h4-9,11H,10H2,1-3H3,(H2,20,28,29). The van der Waals surface area contributed by atoms with Crippen molar-refractivity contribution in [1.29, 1.82) is 0 Å². The van der Waals surface area contributed by atoms with Crippen molar-refractivity contribution >= 4 is 27.0 Å². The van der Waals surface area contributed by atoms with Crippen molar-refractivity contribution in [1.82, 2.24) is 23.1 Å². The van der Waals surface area contributed by atoms with Crippen molar-refractivity contribution < 1.29 is 8.42 Å². The van der Waals surface area contributed by atoms with Gasteiger partial charge in [0.25, 0.3) is 5.56 Å². The van der Waals surface area contributed by atoms with Crippen molar-refractivity contribution in [3.63, 3.8) is 0 Å². The van der Waals surface area contributed by atoms with Gasteiger partial charge in [-0.25, -0.2) is 18.4 Å².